The first kappa shape index (κ1) is 11.0. The van der Waals surface area contributed by atoms with Gasteiger partial charge < -0.3 is 0 Å². The minimum absolute atomic E-state index is 1.12. The van der Waals surface area contributed by atoms with E-state index >= 15 is 0 Å². The van der Waals surface area contributed by atoms with Crippen LogP contribution < -0.4 is 0 Å². The average Bonchev–Trinajstić information content (AvgIpc) is 2.03. The standard InChI is InChI=1S/C8H8Br2S2/c1-11-7-4-5(9)3-6(10)8(7)12-2/h3-4H,1-2H3. The highest BCUT2D eigenvalue weighted by atomic mass is 79.9. The SMILES string of the molecule is CSc1cc(Br)cc(Br)c1SC. The molecule has 0 N–H and O–H groups in total. The molecule has 0 atom stereocenters. The molecule has 0 aliphatic carbocycles. The lowest BCUT2D eigenvalue weighted by Gasteiger charge is -2.07. The number of hydrogen-bond donors (Lipinski definition) is 0. The van der Waals surface area contributed by atoms with Gasteiger partial charge in [-0.05, 0) is 40.6 Å². The lowest BCUT2D eigenvalue weighted by molar-refractivity contribution is 1.21. The monoisotopic (exact) mass is 326 g/mol. The van der Waals surface area contributed by atoms with Crippen molar-refractivity contribution >= 4 is 55.4 Å². The molecule has 66 valence electrons. The summed E-state index contributed by atoms with van der Waals surface area (Å²) in [7, 11) is 0. The first-order valence-electron chi connectivity index (χ1n) is 3.26. The van der Waals surface area contributed by atoms with Crippen molar-refractivity contribution in [2.24, 2.45) is 0 Å². The smallest absolute Gasteiger partial charge is 0.0348 e. The summed E-state index contributed by atoms with van der Waals surface area (Å²) in [6.07, 6.45) is 4.18. The number of halogens is 2. The van der Waals surface area contributed by atoms with E-state index in [0.717, 1.165) is 8.95 Å². The molecule has 0 amide bonds. The van der Waals surface area contributed by atoms with Crippen LogP contribution >= 0.6 is 55.4 Å². The first-order chi connectivity index (χ1) is 5.69. The molecule has 0 saturated heterocycles. The summed E-state index contributed by atoms with van der Waals surface area (Å²) in [6, 6.07) is 4.22. The summed E-state index contributed by atoms with van der Waals surface area (Å²) in [5, 5.41) is 0. The second-order valence-corrected chi connectivity index (χ2v) is 5.56. The topological polar surface area (TPSA) is 0 Å². The Hall–Kier alpha value is 0.880. The second kappa shape index (κ2) is 4.94. The lowest BCUT2D eigenvalue weighted by atomic mass is 10.4. The number of thioether (sulfide) groups is 2. The fourth-order valence-corrected chi connectivity index (χ4v) is 4.43. The van der Waals surface area contributed by atoms with Gasteiger partial charge in [0.25, 0.3) is 0 Å². The van der Waals surface area contributed by atoms with Gasteiger partial charge in [0.15, 0.2) is 0 Å². The van der Waals surface area contributed by atoms with E-state index < -0.39 is 0 Å². The second-order valence-electron chi connectivity index (χ2n) is 2.12. The van der Waals surface area contributed by atoms with Crippen molar-refractivity contribution < 1.29 is 0 Å². The predicted octanol–water partition coefficient (Wildman–Crippen LogP) is 4.66. The van der Waals surface area contributed by atoms with Gasteiger partial charge in [0.05, 0.1) is 0 Å². The molecule has 0 unspecified atom stereocenters. The van der Waals surface area contributed by atoms with Gasteiger partial charge >= 0.3 is 0 Å². The van der Waals surface area contributed by atoms with Crippen LogP contribution in [0.4, 0.5) is 0 Å². The summed E-state index contributed by atoms with van der Waals surface area (Å²) in [5.74, 6) is 0. The zero-order valence-corrected chi connectivity index (χ0v) is 11.5. The van der Waals surface area contributed by atoms with E-state index in [1.165, 1.54) is 9.79 Å². The van der Waals surface area contributed by atoms with Gasteiger partial charge in [-0.15, -0.1) is 23.5 Å². The Bertz CT molecular complexity index is 287. The van der Waals surface area contributed by atoms with Gasteiger partial charge in [-0.2, -0.15) is 0 Å². The molecule has 0 aliphatic rings. The van der Waals surface area contributed by atoms with Crippen LogP contribution in [0.15, 0.2) is 30.9 Å². The molecule has 0 bridgehead atoms. The molecule has 0 aliphatic heterocycles. The maximum absolute atomic E-state index is 3.53. The Balaban J connectivity index is 3.24. The van der Waals surface area contributed by atoms with Crippen LogP contribution in [0.25, 0.3) is 0 Å². The van der Waals surface area contributed by atoms with E-state index in [0.29, 0.717) is 0 Å². The van der Waals surface area contributed by atoms with Gasteiger partial charge in [0.2, 0.25) is 0 Å². The van der Waals surface area contributed by atoms with Crippen LogP contribution in [0.5, 0.6) is 0 Å². The average molecular weight is 328 g/mol. The van der Waals surface area contributed by atoms with Crippen LogP contribution in [0.1, 0.15) is 0 Å². The number of benzene rings is 1. The van der Waals surface area contributed by atoms with Crippen molar-refractivity contribution in [1.82, 2.24) is 0 Å². The maximum Gasteiger partial charge on any atom is 0.0348 e. The number of hydrogen-bond acceptors (Lipinski definition) is 2. The van der Waals surface area contributed by atoms with E-state index in [1.807, 2.05) is 0 Å². The van der Waals surface area contributed by atoms with Crippen molar-refractivity contribution in [1.29, 1.82) is 0 Å². The van der Waals surface area contributed by atoms with E-state index in [9.17, 15) is 0 Å². The third-order valence-electron chi connectivity index (χ3n) is 1.40. The molecule has 1 aromatic carbocycles. The van der Waals surface area contributed by atoms with Gasteiger partial charge in [0.1, 0.15) is 0 Å². The van der Waals surface area contributed by atoms with E-state index in [-0.39, 0.29) is 0 Å². The molecule has 0 heterocycles. The van der Waals surface area contributed by atoms with E-state index in [2.05, 4.69) is 56.5 Å². The van der Waals surface area contributed by atoms with Crippen molar-refractivity contribution in [2.75, 3.05) is 12.5 Å². The lowest BCUT2D eigenvalue weighted by Crippen LogP contribution is -1.80. The van der Waals surface area contributed by atoms with E-state index in [1.54, 1.807) is 23.5 Å². The van der Waals surface area contributed by atoms with Crippen LogP contribution in [0.3, 0.4) is 0 Å². The molecule has 0 fully saturated rings. The predicted molar refractivity (Wildman–Crippen MR) is 65.4 cm³/mol. The largest absolute Gasteiger partial charge is 0.128 e. The van der Waals surface area contributed by atoms with Crippen molar-refractivity contribution in [3.63, 3.8) is 0 Å². The van der Waals surface area contributed by atoms with Gasteiger partial charge in [0, 0.05) is 18.7 Å². The summed E-state index contributed by atoms with van der Waals surface area (Å²) >= 11 is 10.5. The van der Waals surface area contributed by atoms with Gasteiger partial charge in [-0.3, -0.25) is 0 Å². The molecule has 0 radical (unpaired) electrons. The fourth-order valence-electron chi connectivity index (χ4n) is 0.886. The summed E-state index contributed by atoms with van der Waals surface area (Å²) in [5.41, 5.74) is 0. The van der Waals surface area contributed by atoms with Crippen LogP contribution in [0.2, 0.25) is 0 Å². The molecule has 0 nitrogen and oxygen atoms in total. The Labute approximate surface area is 98.1 Å². The molecule has 0 saturated carbocycles. The molecule has 4 heteroatoms. The Morgan fingerprint density at radius 1 is 1.08 bits per heavy atom. The van der Waals surface area contributed by atoms with Gasteiger partial charge in [-0.25, -0.2) is 0 Å². The van der Waals surface area contributed by atoms with Crippen LogP contribution in [-0.2, 0) is 0 Å². The zero-order chi connectivity index (χ0) is 9.14. The third-order valence-corrected chi connectivity index (χ3v) is 4.48. The quantitative estimate of drug-likeness (QED) is 0.725. The first-order valence-corrected chi connectivity index (χ1v) is 7.29. The minimum Gasteiger partial charge on any atom is -0.128 e. The van der Waals surface area contributed by atoms with Gasteiger partial charge in [-0.1, -0.05) is 15.9 Å². The Morgan fingerprint density at radius 2 is 1.75 bits per heavy atom. The summed E-state index contributed by atoms with van der Waals surface area (Å²) in [4.78, 5) is 2.62. The third kappa shape index (κ3) is 2.44. The molecule has 0 spiro atoms. The molecule has 1 rings (SSSR count). The van der Waals surface area contributed by atoms with Crippen LogP contribution in [0, 0.1) is 0 Å². The van der Waals surface area contributed by atoms with Crippen molar-refractivity contribution in [3.8, 4) is 0 Å². The Kier molecular flexibility index (Phi) is 4.51. The summed E-state index contributed by atoms with van der Waals surface area (Å²) in [6.45, 7) is 0. The molecular weight excluding hydrogens is 320 g/mol. The van der Waals surface area contributed by atoms with Crippen molar-refractivity contribution in [3.05, 3.63) is 21.1 Å². The highest BCUT2D eigenvalue weighted by Gasteiger charge is 2.05. The summed E-state index contributed by atoms with van der Waals surface area (Å²) < 4.78 is 2.28. The van der Waals surface area contributed by atoms with E-state index in [4.69, 9.17) is 0 Å². The number of rotatable bonds is 2. The minimum atomic E-state index is 1.12. The zero-order valence-electron chi connectivity index (χ0n) is 6.73. The van der Waals surface area contributed by atoms with Crippen LogP contribution in [-0.4, -0.2) is 12.5 Å². The molecule has 1 aromatic rings. The normalized spacial score (nSPS) is 10.3. The maximum atomic E-state index is 3.53. The molecular formula is C8H8Br2S2. The Morgan fingerprint density at radius 3 is 2.25 bits per heavy atom. The highest BCUT2D eigenvalue weighted by molar-refractivity contribution is 9.11. The molecule has 0 aromatic heterocycles. The fraction of sp³-hybridized carbons (Fsp3) is 0.250. The van der Waals surface area contributed by atoms with Crippen molar-refractivity contribution in [2.45, 2.75) is 9.79 Å². The highest BCUT2D eigenvalue weighted by Crippen LogP contribution is 2.37. The molecule has 12 heavy (non-hydrogen) atoms.